The lowest BCUT2D eigenvalue weighted by Gasteiger charge is -2.36. The number of phenolic OH excluding ortho intramolecular Hbond substituents is 4. The van der Waals surface area contributed by atoms with E-state index in [1.165, 1.54) is 48.6 Å². The van der Waals surface area contributed by atoms with Crippen LogP contribution >= 0.6 is 0 Å². The summed E-state index contributed by atoms with van der Waals surface area (Å²) < 4.78 is 26.7. The normalized spacial score (nSPS) is 25.6. The second kappa shape index (κ2) is 11.7. The van der Waals surface area contributed by atoms with Crippen molar-refractivity contribution in [1.82, 2.24) is 0 Å². The summed E-state index contributed by atoms with van der Waals surface area (Å²) in [6.45, 7) is -0.435. The molecule has 0 spiro atoms. The molecule has 0 aliphatic carbocycles. The van der Waals surface area contributed by atoms with Crippen molar-refractivity contribution in [1.29, 1.82) is 0 Å². The standard InChI is InChI=1S/C27H26O13/c1-36-26(35)27-12-20(38-23(33)9-5-15-3-7-17(29)19(31)11-15)24(34)25(40-27)21(39-27)13-37-22(32)8-4-14-2-6-16(28)18(30)10-14/h2-11,20-21,24-25,28-31,34H,12-13H2,1H3/t20-,21-,24-,25-,27+/m1/s1. The SMILES string of the molecule is COC(=O)[C@]12C[C@@H](OC(=O)C=Cc3ccc(O)c(O)c3)[C@@H](O)[C@H](O1)[C@@H](COC(=O)C=Cc1ccc(O)c(O)c1)O2. The Kier molecular flexibility index (Phi) is 8.28. The molecule has 2 aromatic rings. The zero-order chi connectivity index (χ0) is 29.0. The molecular formula is C27H26O13. The monoisotopic (exact) mass is 558 g/mol. The summed E-state index contributed by atoms with van der Waals surface area (Å²) in [5.74, 6) is -6.06. The number of esters is 3. The molecule has 212 valence electrons. The Hall–Kier alpha value is -4.59. The van der Waals surface area contributed by atoms with Gasteiger partial charge >= 0.3 is 17.9 Å². The van der Waals surface area contributed by atoms with Crippen LogP contribution in [0.25, 0.3) is 12.2 Å². The number of methoxy groups -OCH3 is 1. The predicted molar refractivity (Wildman–Crippen MR) is 134 cm³/mol. The third-order valence-corrected chi connectivity index (χ3v) is 6.20. The third-order valence-electron chi connectivity index (χ3n) is 6.20. The molecule has 2 aliphatic rings. The predicted octanol–water partition coefficient (Wildman–Crippen LogP) is 1.11. The van der Waals surface area contributed by atoms with E-state index in [-0.39, 0.29) is 23.0 Å². The number of aliphatic hydroxyl groups is 1. The summed E-state index contributed by atoms with van der Waals surface area (Å²) >= 11 is 0. The maximum Gasteiger partial charge on any atom is 0.366 e. The van der Waals surface area contributed by atoms with E-state index in [9.17, 15) is 39.9 Å². The molecule has 2 aromatic carbocycles. The van der Waals surface area contributed by atoms with Crippen LogP contribution in [0.1, 0.15) is 17.5 Å². The van der Waals surface area contributed by atoms with Crippen LogP contribution in [0.3, 0.4) is 0 Å². The van der Waals surface area contributed by atoms with Gasteiger partial charge < -0.3 is 49.2 Å². The number of aromatic hydroxyl groups is 4. The van der Waals surface area contributed by atoms with E-state index in [0.29, 0.717) is 11.1 Å². The number of carbonyl (C=O) groups excluding carboxylic acids is 3. The number of aliphatic hydroxyl groups excluding tert-OH is 1. The number of hydrogen-bond acceptors (Lipinski definition) is 13. The number of rotatable bonds is 8. The van der Waals surface area contributed by atoms with Crippen LogP contribution in [0.2, 0.25) is 0 Å². The molecule has 2 saturated heterocycles. The van der Waals surface area contributed by atoms with Gasteiger partial charge in [0.2, 0.25) is 0 Å². The topological polar surface area (TPSA) is 199 Å². The number of phenols is 4. The smallest absolute Gasteiger partial charge is 0.366 e. The lowest BCUT2D eigenvalue weighted by Crippen LogP contribution is -2.55. The summed E-state index contributed by atoms with van der Waals surface area (Å²) in [7, 11) is 1.10. The van der Waals surface area contributed by atoms with Crippen molar-refractivity contribution in [2.75, 3.05) is 13.7 Å². The van der Waals surface area contributed by atoms with E-state index in [2.05, 4.69) is 0 Å². The van der Waals surface area contributed by atoms with Gasteiger partial charge in [0.15, 0.2) is 23.0 Å². The summed E-state index contributed by atoms with van der Waals surface area (Å²) in [5.41, 5.74) is 0.789. The van der Waals surface area contributed by atoms with Crippen LogP contribution in [-0.4, -0.2) is 87.4 Å². The van der Waals surface area contributed by atoms with Gasteiger partial charge in [0, 0.05) is 12.2 Å². The minimum Gasteiger partial charge on any atom is -0.504 e. The minimum absolute atomic E-state index is 0.319. The molecule has 5 atom stereocenters. The van der Waals surface area contributed by atoms with Crippen LogP contribution in [0, 0.1) is 0 Å². The summed E-state index contributed by atoms with van der Waals surface area (Å²) in [6.07, 6.45) is -0.751. The Bertz CT molecular complexity index is 1350. The van der Waals surface area contributed by atoms with Crippen LogP contribution < -0.4 is 0 Å². The van der Waals surface area contributed by atoms with E-state index in [1.807, 2.05) is 0 Å². The van der Waals surface area contributed by atoms with Crippen LogP contribution in [0.15, 0.2) is 48.6 Å². The minimum atomic E-state index is -2.02. The molecule has 0 radical (unpaired) electrons. The van der Waals surface area contributed by atoms with Gasteiger partial charge in [-0.05, 0) is 47.5 Å². The molecule has 4 rings (SSSR count). The number of ether oxygens (including phenoxy) is 5. The van der Waals surface area contributed by atoms with E-state index in [0.717, 1.165) is 19.3 Å². The van der Waals surface area contributed by atoms with Gasteiger partial charge in [-0.3, -0.25) is 0 Å². The van der Waals surface area contributed by atoms with Gasteiger partial charge in [-0.2, -0.15) is 0 Å². The van der Waals surface area contributed by atoms with Crippen molar-refractivity contribution >= 4 is 30.1 Å². The largest absolute Gasteiger partial charge is 0.504 e. The highest BCUT2D eigenvalue weighted by molar-refractivity contribution is 5.88. The Morgan fingerprint density at radius 3 is 2.02 bits per heavy atom. The van der Waals surface area contributed by atoms with E-state index in [4.69, 9.17) is 23.7 Å². The van der Waals surface area contributed by atoms with Crippen molar-refractivity contribution in [3.63, 3.8) is 0 Å². The average molecular weight is 558 g/mol. The molecule has 5 N–H and O–H groups in total. The highest BCUT2D eigenvalue weighted by atomic mass is 16.8. The van der Waals surface area contributed by atoms with Crippen LogP contribution in [-0.2, 0) is 38.1 Å². The van der Waals surface area contributed by atoms with Gasteiger partial charge in [0.05, 0.1) is 13.5 Å². The fourth-order valence-electron chi connectivity index (χ4n) is 4.21. The first-order valence-corrected chi connectivity index (χ1v) is 11.9. The highest BCUT2D eigenvalue weighted by Gasteiger charge is 2.63. The van der Waals surface area contributed by atoms with Crippen LogP contribution in [0.4, 0.5) is 0 Å². The third kappa shape index (κ3) is 6.17. The number of fused-ring (bicyclic) bond motifs is 2. The molecule has 40 heavy (non-hydrogen) atoms. The Morgan fingerprint density at radius 2 is 1.48 bits per heavy atom. The van der Waals surface area contributed by atoms with E-state index >= 15 is 0 Å². The zero-order valence-electron chi connectivity index (χ0n) is 21.0. The Labute approximate surface area is 227 Å². The molecular weight excluding hydrogens is 532 g/mol. The molecule has 0 saturated carbocycles. The molecule has 2 fully saturated rings. The van der Waals surface area contributed by atoms with Gasteiger partial charge in [0.1, 0.15) is 31.0 Å². The number of hydrogen-bond donors (Lipinski definition) is 5. The fraction of sp³-hybridized carbons (Fsp3) is 0.296. The number of carbonyl (C=O) groups is 3. The van der Waals surface area contributed by atoms with Crippen molar-refractivity contribution < 1.29 is 63.6 Å². The second-order valence-electron chi connectivity index (χ2n) is 8.95. The first kappa shape index (κ1) is 28.4. The molecule has 2 bridgehead atoms. The lowest BCUT2D eigenvalue weighted by atomic mass is 9.95. The average Bonchev–Trinajstić information content (AvgIpc) is 3.26. The van der Waals surface area contributed by atoms with E-state index < -0.39 is 61.1 Å². The maximum absolute atomic E-state index is 12.5. The molecule has 13 heteroatoms. The molecule has 0 amide bonds. The lowest BCUT2D eigenvalue weighted by molar-refractivity contribution is -0.249. The second-order valence-corrected chi connectivity index (χ2v) is 8.95. The van der Waals surface area contributed by atoms with Crippen molar-refractivity contribution in [3.05, 3.63) is 59.7 Å². The Morgan fingerprint density at radius 1 is 0.900 bits per heavy atom. The van der Waals surface area contributed by atoms with Gasteiger partial charge in [-0.25, -0.2) is 14.4 Å². The molecule has 0 unspecified atom stereocenters. The molecule has 0 aromatic heterocycles. The van der Waals surface area contributed by atoms with Gasteiger partial charge in [0.25, 0.3) is 5.79 Å². The van der Waals surface area contributed by atoms with Crippen molar-refractivity contribution in [2.24, 2.45) is 0 Å². The zero-order valence-corrected chi connectivity index (χ0v) is 21.0. The molecule has 13 nitrogen and oxygen atoms in total. The Balaban J connectivity index is 1.41. The van der Waals surface area contributed by atoms with Crippen LogP contribution in [0.5, 0.6) is 23.0 Å². The first-order chi connectivity index (χ1) is 19.0. The first-order valence-electron chi connectivity index (χ1n) is 11.9. The molecule has 2 heterocycles. The summed E-state index contributed by atoms with van der Waals surface area (Å²) in [6, 6.07) is 7.83. The fourth-order valence-corrected chi connectivity index (χ4v) is 4.21. The quantitative estimate of drug-likeness (QED) is 0.134. The highest BCUT2D eigenvalue weighted by Crippen LogP contribution is 2.42. The summed E-state index contributed by atoms with van der Waals surface area (Å²) in [4.78, 5) is 37.2. The van der Waals surface area contributed by atoms with Gasteiger partial charge in [-0.1, -0.05) is 12.1 Å². The van der Waals surface area contributed by atoms with Crippen molar-refractivity contribution in [2.45, 2.75) is 36.6 Å². The maximum atomic E-state index is 12.5. The molecule has 2 aliphatic heterocycles. The van der Waals surface area contributed by atoms with Gasteiger partial charge in [-0.15, -0.1) is 0 Å². The van der Waals surface area contributed by atoms with E-state index in [1.54, 1.807) is 0 Å². The summed E-state index contributed by atoms with van der Waals surface area (Å²) in [5, 5.41) is 48.7. The van der Waals surface area contributed by atoms with Crippen molar-refractivity contribution in [3.8, 4) is 23.0 Å². The number of benzene rings is 2.